The predicted molar refractivity (Wildman–Crippen MR) is 61.5 cm³/mol. The van der Waals surface area contributed by atoms with Crippen LogP contribution in [0.25, 0.3) is 0 Å². The van der Waals surface area contributed by atoms with E-state index in [1.165, 1.54) is 17.3 Å². The summed E-state index contributed by atoms with van der Waals surface area (Å²) in [7, 11) is 0. The van der Waals surface area contributed by atoms with Crippen LogP contribution in [0.4, 0.5) is 13.2 Å². The largest absolute Gasteiger partial charge is 0.393 e. The Labute approximate surface area is 108 Å². The van der Waals surface area contributed by atoms with E-state index in [1.807, 2.05) is 0 Å². The number of nitrogens with zero attached hydrogens (tertiary/aromatic N) is 3. The summed E-state index contributed by atoms with van der Waals surface area (Å²) in [6, 6.07) is 0. The van der Waals surface area contributed by atoms with Crippen molar-refractivity contribution in [3.05, 3.63) is 23.8 Å². The van der Waals surface area contributed by atoms with Crippen LogP contribution in [-0.4, -0.2) is 40.0 Å². The van der Waals surface area contributed by atoms with E-state index < -0.39 is 18.0 Å². The first-order chi connectivity index (χ1) is 8.88. The molecule has 1 fully saturated rings. The van der Waals surface area contributed by atoms with Crippen LogP contribution < -0.4 is 0 Å². The summed E-state index contributed by atoms with van der Waals surface area (Å²) in [5, 5.41) is 0. The van der Waals surface area contributed by atoms with E-state index in [1.54, 1.807) is 6.92 Å². The molecule has 0 unspecified atom stereocenters. The van der Waals surface area contributed by atoms with Crippen LogP contribution in [0.2, 0.25) is 0 Å². The van der Waals surface area contributed by atoms with Gasteiger partial charge in [-0.3, -0.25) is 9.78 Å². The summed E-state index contributed by atoms with van der Waals surface area (Å²) in [5.41, 5.74) is 0.747. The second-order valence-electron chi connectivity index (χ2n) is 4.67. The summed E-state index contributed by atoms with van der Waals surface area (Å²) in [5.74, 6) is -1.93. The van der Waals surface area contributed by atoms with Gasteiger partial charge in [0.15, 0.2) is 0 Å². The molecule has 1 atom stereocenters. The van der Waals surface area contributed by atoms with Gasteiger partial charge in [-0.15, -0.1) is 0 Å². The molecule has 1 amide bonds. The maximum atomic E-state index is 12.7. The van der Waals surface area contributed by atoms with Crippen LogP contribution >= 0.6 is 0 Å². The second kappa shape index (κ2) is 5.14. The van der Waals surface area contributed by atoms with Gasteiger partial charge < -0.3 is 4.90 Å². The number of rotatable bonds is 1. The van der Waals surface area contributed by atoms with Gasteiger partial charge in [-0.2, -0.15) is 13.2 Å². The molecule has 1 aliphatic heterocycles. The molecule has 1 aromatic rings. The van der Waals surface area contributed by atoms with Crippen molar-refractivity contribution in [2.45, 2.75) is 25.9 Å². The monoisotopic (exact) mass is 273 g/mol. The molecular formula is C12H14F3N3O. The highest BCUT2D eigenvalue weighted by Gasteiger charge is 2.42. The van der Waals surface area contributed by atoms with Crippen molar-refractivity contribution in [3.63, 3.8) is 0 Å². The van der Waals surface area contributed by atoms with Gasteiger partial charge in [0, 0.05) is 19.3 Å². The van der Waals surface area contributed by atoms with Gasteiger partial charge in [-0.25, -0.2) is 4.98 Å². The van der Waals surface area contributed by atoms with Crippen LogP contribution in [-0.2, 0) is 0 Å². The Morgan fingerprint density at radius 1 is 1.37 bits per heavy atom. The Bertz CT molecular complexity index is 458. The number of likely N-dealkylation sites (tertiary alicyclic amines) is 1. The molecule has 1 aromatic heterocycles. The first-order valence-corrected chi connectivity index (χ1v) is 6.02. The Morgan fingerprint density at radius 2 is 2.11 bits per heavy atom. The van der Waals surface area contributed by atoms with E-state index in [-0.39, 0.29) is 18.7 Å². The molecule has 1 saturated heterocycles. The van der Waals surface area contributed by atoms with Crippen LogP contribution in [0.15, 0.2) is 12.4 Å². The Morgan fingerprint density at radius 3 is 2.68 bits per heavy atom. The molecule has 104 valence electrons. The van der Waals surface area contributed by atoms with Gasteiger partial charge in [0.25, 0.3) is 5.91 Å². The lowest BCUT2D eigenvalue weighted by molar-refractivity contribution is -0.184. The zero-order valence-corrected chi connectivity index (χ0v) is 10.4. The summed E-state index contributed by atoms with van der Waals surface area (Å²) in [6.45, 7) is 1.76. The van der Waals surface area contributed by atoms with Crippen molar-refractivity contribution < 1.29 is 18.0 Å². The van der Waals surface area contributed by atoms with E-state index in [2.05, 4.69) is 9.97 Å². The predicted octanol–water partition coefficient (Wildman–Crippen LogP) is 2.20. The fraction of sp³-hybridized carbons (Fsp3) is 0.583. The number of piperidine rings is 1. The van der Waals surface area contributed by atoms with E-state index in [0.717, 1.165) is 0 Å². The van der Waals surface area contributed by atoms with Gasteiger partial charge in [-0.1, -0.05) is 0 Å². The molecular weight excluding hydrogens is 259 g/mol. The standard InChI is InChI=1S/C12H14F3N3O/c1-8-5-17-10(6-16-8)11(19)18-4-2-3-9(7-18)12(13,14)15/h5-6,9H,2-4,7H2,1H3/t9-/m0/s1. The Hall–Kier alpha value is -1.66. The number of carbonyl (C=O) groups excluding carboxylic acids is 1. The third-order valence-electron chi connectivity index (χ3n) is 3.17. The van der Waals surface area contributed by atoms with Crippen LogP contribution in [0.5, 0.6) is 0 Å². The average Bonchev–Trinajstić information content (AvgIpc) is 2.38. The van der Waals surface area contributed by atoms with Crippen LogP contribution in [0.1, 0.15) is 29.0 Å². The lowest BCUT2D eigenvalue weighted by Gasteiger charge is -2.33. The number of alkyl halides is 3. The Kier molecular flexibility index (Phi) is 3.73. The van der Waals surface area contributed by atoms with Crippen LogP contribution in [0, 0.1) is 12.8 Å². The quantitative estimate of drug-likeness (QED) is 0.788. The zero-order chi connectivity index (χ0) is 14.0. The molecule has 0 spiro atoms. The van der Waals surface area contributed by atoms with Gasteiger partial charge >= 0.3 is 6.18 Å². The van der Waals surface area contributed by atoms with E-state index in [4.69, 9.17) is 0 Å². The highest BCUT2D eigenvalue weighted by atomic mass is 19.4. The minimum atomic E-state index is -4.25. The summed E-state index contributed by atoms with van der Waals surface area (Å²) >= 11 is 0. The first-order valence-electron chi connectivity index (χ1n) is 6.02. The van der Waals surface area contributed by atoms with E-state index in [0.29, 0.717) is 18.7 Å². The molecule has 2 heterocycles. The average molecular weight is 273 g/mol. The number of aryl methyl sites for hydroxylation is 1. The SMILES string of the molecule is Cc1cnc(C(=O)N2CCC[C@H](C(F)(F)F)C2)cn1. The minimum Gasteiger partial charge on any atom is -0.337 e. The van der Waals surface area contributed by atoms with E-state index in [9.17, 15) is 18.0 Å². The number of hydrogen-bond donors (Lipinski definition) is 0. The number of amides is 1. The van der Waals surface area contributed by atoms with Gasteiger partial charge in [0.2, 0.25) is 0 Å². The first kappa shape index (κ1) is 13.8. The molecule has 7 heteroatoms. The lowest BCUT2D eigenvalue weighted by Crippen LogP contribution is -2.44. The van der Waals surface area contributed by atoms with Crippen molar-refractivity contribution in [1.82, 2.24) is 14.9 Å². The third-order valence-corrected chi connectivity index (χ3v) is 3.17. The van der Waals surface area contributed by atoms with Gasteiger partial charge in [-0.05, 0) is 19.8 Å². The normalized spacial score (nSPS) is 20.4. The topological polar surface area (TPSA) is 46.1 Å². The summed E-state index contributed by atoms with van der Waals surface area (Å²) in [4.78, 5) is 21.1. The molecule has 1 aliphatic rings. The lowest BCUT2D eigenvalue weighted by atomic mass is 9.97. The Balaban J connectivity index is 2.09. The van der Waals surface area contributed by atoms with E-state index >= 15 is 0 Å². The molecule has 0 aromatic carbocycles. The number of halogens is 3. The van der Waals surface area contributed by atoms with Crippen molar-refractivity contribution in [1.29, 1.82) is 0 Å². The fourth-order valence-corrected chi connectivity index (χ4v) is 2.09. The van der Waals surface area contributed by atoms with Crippen molar-refractivity contribution >= 4 is 5.91 Å². The van der Waals surface area contributed by atoms with Gasteiger partial charge in [0.05, 0.1) is 17.8 Å². The summed E-state index contributed by atoms with van der Waals surface area (Å²) < 4.78 is 38.0. The molecule has 4 nitrogen and oxygen atoms in total. The molecule has 0 radical (unpaired) electrons. The number of aromatic nitrogens is 2. The molecule has 0 aliphatic carbocycles. The summed E-state index contributed by atoms with van der Waals surface area (Å²) in [6.07, 6.45) is -1.09. The maximum absolute atomic E-state index is 12.7. The number of hydrogen-bond acceptors (Lipinski definition) is 3. The molecule has 19 heavy (non-hydrogen) atoms. The highest BCUT2D eigenvalue weighted by molar-refractivity contribution is 5.92. The number of carbonyl (C=O) groups is 1. The zero-order valence-electron chi connectivity index (χ0n) is 10.4. The fourth-order valence-electron chi connectivity index (χ4n) is 2.09. The van der Waals surface area contributed by atoms with Crippen LogP contribution in [0.3, 0.4) is 0 Å². The second-order valence-corrected chi connectivity index (χ2v) is 4.67. The van der Waals surface area contributed by atoms with Crippen molar-refractivity contribution in [3.8, 4) is 0 Å². The smallest absolute Gasteiger partial charge is 0.337 e. The molecule has 0 bridgehead atoms. The van der Waals surface area contributed by atoms with Gasteiger partial charge in [0.1, 0.15) is 5.69 Å². The maximum Gasteiger partial charge on any atom is 0.393 e. The highest BCUT2D eigenvalue weighted by Crippen LogP contribution is 2.33. The molecule has 0 N–H and O–H groups in total. The van der Waals surface area contributed by atoms with Crippen molar-refractivity contribution in [2.24, 2.45) is 5.92 Å². The van der Waals surface area contributed by atoms with Crippen molar-refractivity contribution in [2.75, 3.05) is 13.1 Å². The minimum absolute atomic E-state index is 0.0762. The molecule has 2 rings (SSSR count). The molecule has 0 saturated carbocycles. The third kappa shape index (κ3) is 3.21.